The molecule has 4 aromatic carbocycles. The van der Waals surface area contributed by atoms with Crippen LogP contribution in [0.25, 0.3) is 11.1 Å². The van der Waals surface area contributed by atoms with Crippen molar-refractivity contribution in [3.63, 3.8) is 0 Å². The highest BCUT2D eigenvalue weighted by molar-refractivity contribution is 5.75. The first-order valence-corrected chi connectivity index (χ1v) is 10.9. The molecular formula is C29H27FO2. The van der Waals surface area contributed by atoms with Crippen LogP contribution in [0.3, 0.4) is 0 Å². The quantitative estimate of drug-likeness (QED) is 0.286. The number of hydrogen-bond acceptors (Lipinski definition) is 2. The average molecular weight is 427 g/mol. The first kappa shape index (κ1) is 21.6. The maximum absolute atomic E-state index is 13.6. The van der Waals surface area contributed by atoms with Gasteiger partial charge in [0.15, 0.2) is 11.5 Å². The van der Waals surface area contributed by atoms with Gasteiger partial charge in [-0.25, -0.2) is 4.39 Å². The van der Waals surface area contributed by atoms with E-state index < -0.39 is 0 Å². The molecule has 0 aromatic heterocycles. The third-order valence-electron chi connectivity index (χ3n) is 5.36. The minimum Gasteiger partial charge on any atom is -0.485 e. The van der Waals surface area contributed by atoms with Crippen LogP contribution >= 0.6 is 0 Å². The van der Waals surface area contributed by atoms with E-state index in [-0.39, 0.29) is 5.82 Å². The Labute approximate surface area is 189 Å². The third kappa shape index (κ3) is 5.36. The largest absolute Gasteiger partial charge is 0.485 e. The van der Waals surface area contributed by atoms with Gasteiger partial charge in [-0.2, -0.15) is 0 Å². The monoisotopic (exact) mass is 426 g/mol. The van der Waals surface area contributed by atoms with E-state index in [1.165, 1.54) is 12.1 Å². The van der Waals surface area contributed by atoms with E-state index >= 15 is 0 Å². The smallest absolute Gasteiger partial charge is 0.169 e. The van der Waals surface area contributed by atoms with Gasteiger partial charge in [-0.1, -0.05) is 86.6 Å². The zero-order chi connectivity index (χ0) is 22.3. The van der Waals surface area contributed by atoms with Crippen molar-refractivity contribution < 1.29 is 13.9 Å². The van der Waals surface area contributed by atoms with Crippen molar-refractivity contribution in [2.45, 2.75) is 33.0 Å². The van der Waals surface area contributed by atoms with Gasteiger partial charge in [0.05, 0.1) is 0 Å². The molecule has 2 nitrogen and oxygen atoms in total. The van der Waals surface area contributed by atoms with Crippen molar-refractivity contribution in [3.05, 3.63) is 120 Å². The molecule has 3 heteroatoms. The second-order valence-electron chi connectivity index (χ2n) is 8.11. The summed E-state index contributed by atoms with van der Waals surface area (Å²) in [6.45, 7) is 5.15. The summed E-state index contributed by atoms with van der Waals surface area (Å²) in [6.07, 6.45) is 0. The molecule has 0 radical (unpaired) electrons. The highest BCUT2D eigenvalue weighted by Crippen LogP contribution is 2.42. The van der Waals surface area contributed by atoms with Crippen molar-refractivity contribution in [1.82, 2.24) is 0 Å². The fourth-order valence-corrected chi connectivity index (χ4v) is 3.52. The van der Waals surface area contributed by atoms with Gasteiger partial charge in [0.25, 0.3) is 0 Å². The van der Waals surface area contributed by atoms with Crippen molar-refractivity contribution in [2.24, 2.45) is 0 Å². The Bertz CT molecular complexity index is 1140. The number of halogens is 1. The number of benzene rings is 4. The van der Waals surface area contributed by atoms with Gasteiger partial charge in [-0.3, -0.25) is 0 Å². The number of rotatable bonds is 8. The molecular weight excluding hydrogens is 399 g/mol. The molecule has 0 fully saturated rings. The maximum Gasteiger partial charge on any atom is 0.169 e. The summed E-state index contributed by atoms with van der Waals surface area (Å²) in [5.41, 5.74) is 5.08. The lowest BCUT2D eigenvalue weighted by Gasteiger charge is -2.20. The fourth-order valence-electron chi connectivity index (χ4n) is 3.52. The Morgan fingerprint density at radius 1 is 0.688 bits per heavy atom. The zero-order valence-electron chi connectivity index (χ0n) is 18.4. The van der Waals surface area contributed by atoms with Crippen molar-refractivity contribution >= 4 is 0 Å². The van der Waals surface area contributed by atoms with Crippen LogP contribution in [0.2, 0.25) is 0 Å². The fraction of sp³-hybridized carbons (Fsp3) is 0.172. The molecule has 32 heavy (non-hydrogen) atoms. The number of ether oxygens (including phenoxy) is 2. The standard InChI is InChI=1S/C29H27FO2/c1-21(2)25-17-27(24-13-15-26(30)16-14-24)29(32-20-23-11-7-4-8-12-23)28(18-25)31-19-22-9-5-3-6-10-22/h3-18,21H,19-20H2,1-2H3. The van der Waals surface area contributed by atoms with Crippen LogP contribution in [0.15, 0.2) is 97.1 Å². The van der Waals surface area contributed by atoms with Gasteiger partial charge in [0, 0.05) is 5.56 Å². The van der Waals surface area contributed by atoms with E-state index in [0.717, 1.165) is 27.8 Å². The Morgan fingerprint density at radius 2 is 1.25 bits per heavy atom. The Balaban J connectivity index is 1.76. The Morgan fingerprint density at radius 3 is 1.81 bits per heavy atom. The van der Waals surface area contributed by atoms with Crippen LogP contribution in [0.5, 0.6) is 11.5 Å². The summed E-state index contributed by atoms with van der Waals surface area (Å²) in [4.78, 5) is 0. The average Bonchev–Trinajstić information content (AvgIpc) is 2.83. The van der Waals surface area contributed by atoms with Gasteiger partial charge in [0.2, 0.25) is 0 Å². The summed E-state index contributed by atoms with van der Waals surface area (Å²) >= 11 is 0. The molecule has 4 aromatic rings. The molecule has 0 saturated carbocycles. The lowest BCUT2D eigenvalue weighted by atomic mass is 9.95. The van der Waals surface area contributed by atoms with Gasteiger partial charge in [0.1, 0.15) is 19.0 Å². The van der Waals surface area contributed by atoms with Gasteiger partial charge >= 0.3 is 0 Å². The summed E-state index contributed by atoms with van der Waals surface area (Å²) < 4.78 is 26.2. The molecule has 0 aliphatic carbocycles. The second-order valence-corrected chi connectivity index (χ2v) is 8.11. The minimum absolute atomic E-state index is 0.263. The second kappa shape index (κ2) is 10.1. The molecule has 162 valence electrons. The van der Waals surface area contributed by atoms with E-state index in [0.29, 0.717) is 30.6 Å². The van der Waals surface area contributed by atoms with Crippen LogP contribution in [0.4, 0.5) is 4.39 Å². The van der Waals surface area contributed by atoms with Gasteiger partial charge < -0.3 is 9.47 Å². The topological polar surface area (TPSA) is 18.5 Å². The zero-order valence-corrected chi connectivity index (χ0v) is 18.4. The van der Waals surface area contributed by atoms with Crippen molar-refractivity contribution in [2.75, 3.05) is 0 Å². The highest BCUT2D eigenvalue weighted by atomic mass is 19.1. The SMILES string of the molecule is CC(C)c1cc(OCc2ccccc2)c(OCc2ccccc2)c(-c2ccc(F)cc2)c1. The van der Waals surface area contributed by atoms with Crippen molar-refractivity contribution in [1.29, 1.82) is 0 Å². The molecule has 0 heterocycles. The first-order valence-electron chi connectivity index (χ1n) is 10.9. The van der Waals surface area contributed by atoms with Crippen LogP contribution < -0.4 is 9.47 Å². The van der Waals surface area contributed by atoms with Crippen molar-refractivity contribution in [3.8, 4) is 22.6 Å². The highest BCUT2D eigenvalue weighted by Gasteiger charge is 2.18. The number of hydrogen-bond donors (Lipinski definition) is 0. The molecule has 4 rings (SSSR count). The molecule has 0 N–H and O–H groups in total. The summed E-state index contributed by atoms with van der Waals surface area (Å²) in [5.74, 6) is 1.40. The van der Waals surface area contributed by atoms with Crippen LogP contribution in [-0.2, 0) is 13.2 Å². The van der Waals surface area contributed by atoms with E-state index in [1.807, 2.05) is 60.7 Å². The summed E-state index contributed by atoms with van der Waals surface area (Å²) in [6, 6.07) is 30.8. The molecule has 0 spiro atoms. The van der Waals surface area contributed by atoms with Gasteiger partial charge in [-0.15, -0.1) is 0 Å². The Hall–Kier alpha value is -3.59. The molecule has 0 unspecified atom stereocenters. The van der Waals surface area contributed by atoms with E-state index in [9.17, 15) is 4.39 Å². The lowest BCUT2D eigenvalue weighted by Crippen LogP contribution is -2.04. The molecule has 0 aliphatic heterocycles. The Kier molecular flexibility index (Phi) is 6.86. The minimum atomic E-state index is -0.263. The molecule has 0 amide bonds. The lowest BCUT2D eigenvalue weighted by molar-refractivity contribution is 0.256. The van der Waals surface area contributed by atoms with Crippen LogP contribution in [0.1, 0.15) is 36.5 Å². The van der Waals surface area contributed by atoms with E-state index in [2.05, 4.69) is 26.0 Å². The maximum atomic E-state index is 13.6. The predicted molar refractivity (Wildman–Crippen MR) is 127 cm³/mol. The van der Waals surface area contributed by atoms with Gasteiger partial charge in [-0.05, 0) is 52.4 Å². The molecule has 0 aliphatic rings. The predicted octanol–water partition coefficient (Wildman–Crippen LogP) is 7.77. The van der Waals surface area contributed by atoms with E-state index in [4.69, 9.17) is 9.47 Å². The summed E-state index contributed by atoms with van der Waals surface area (Å²) in [7, 11) is 0. The normalized spacial score (nSPS) is 10.9. The third-order valence-corrected chi connectivity index (χ3v) is 5.36. The molecule has 0 bridgehead atoms. The molecule has 0 saturated heterocycles. The first-order chi connectivity index (χ1) is 15.6. The van der Waals surface area contributed by atoms with Crippen LogP contribution in [-0.4, -0.2) is 0 Å². The van der Waals surface area contributed by atoms with Crippen LogP contribution in [0, 0.1) is 5.82 Å². The summed E-state index contributed by atoms with van der Waals surface area (Å²) in [5, 5.41) is 0. The molecule has 0 atom stereocenters. The van der Waals surface area contributed by atoms with E-state index in [1.54, 1.807) is 12.1 Å².